The van der Waals surface area contributed by atoms with Gasteiger partial charge in [-0.05, 0) is 33.8 Å². The van der Waals surface area contributed by atoms with Crippen molar-refractivity contribution in [2.75, 3.05) is 0 Å². The second kappa shape index (κ2) is 4.89. The Hall–Kier alpha value is -1.34. The minimum atomic E-state index is -2.93. The molecule has 1 aromatic carbocycles. The molecule has 0 unspecified atom stereocenters. The third-order valence-electron chi connectivity index (χ3n) is 3.73. The zero-order valence-electron chi connectivity index (χ0n) is 11.8. The van der Waals surface area contributed by atoms with Crippen LogP contribution in [0.4, 0.5) is 8.78 Å². The molecule has 1 aliphatic heterocycles. The standard InChI is InChI=1S/C13H17BF2O4/c1-12(2)13(3,4)20-14(19-12)9-6-5-8(7-10(9)17)18-11(15)16/h5-7,11,17H,1-4H3. The van der Waals surface area contributed by atoms with Gasteiger partial charge < -0.3 is 19.2 Å². The van der Waals surface area contributed by atoms with Gasteiger partial charge in [-0.25, -0.2) is 0 Å². The summed E-state index contributed by atoms with van der Waals surface area (Å²) in [4.78, 5) is 0. The van der Waals surface area contributed by atoms with E-state index in [0.29, 0.717) is 5.46 Å². The van der Waals surface area contributed by atoms with Crippen LogP contribution in [0.1, 0.15) is 27.7 Å². The summed E-state index contributed by atoms with van der Waals surface area (Å²) in [5, 5.41) is 9.92. The van der Waals surface area contributed by atoms with Crippen LogP contribution in [0, 0.1) is 0 Å². The van der Waals surface area contributed by atoms with Crippen LogP contribution in [0.3, 0.4) is 0 Å². The zero-order valence-corrected chi connectivity index (χ0v) is 11.8. The van der Waals surface area contributed by atoms with Crippen LogP contribution in [0.5, 0.6) is 11.5 Å². The molecule has 0 bridgehead atoms. The molecule has 0 aromatic heterocycles. The topological polar surface area (TPSA) is 47.9 Å². The van der Waals surface area contributed by atoms with E-state index in [9.17, 15) is 13.9 Å². The number of halogens is 2. The van der Waals surface area contributed by atoms with E-state index in [0.717, 1.165) is 6.07 Å². The Balaban J connectivity index is 2.23. The number of ether oxygens (including phenoxy) is 1. The van der Waals surface area contributed by atoms with Gasteiger partial charge in [0.25, 0.3) is 0 Å². The lowest BCUT2D eigenvalue weighted by atomic mass is 9.78. The molecule has 20 heavy (non-hydrogen) atoms. The lowest BCUT2D eigenvalue weighted by Gasteiger charge is -2.32. The number of rotatable bonds is 3. The van der Waals surface area contributed by atoms with E-state index in [1.54, 1.807) is 0 Å². The molecule has 1 N–H and O–H groups in total. The van der Waals surface area contributed by atoms with Gasteiger partial charge in [0.15, 0.2) is 0 Å². The summed E-state index contributed by atoms with van der Waals surface area (Å²) in [5.41, 5.74) is -0.699. The average molecular weight is 286 g/mol. The lowest BCUT2D eigenvalue weighted by Crippen LogP contribution is -2.41. The van der Waals surface area contributed by atoms with Gasteiger partial charge in [-0.1, -0.05) is 6.07 Å². The Labute approximate surface area is 116 Å². The van der Waals surface area contributed by atoms with Gasteiger partial charge in [-0.2, -0.15) is 8.78 Å². The van der Waals surface area contributed by atoms with Crippen molar-refractivity contribution in [2.45, 2.75) is 45.5 Å². The zero-order chi connectivity index (χ0) is 15.1. The number of hydrogen-bond donors (Lipinski definition) is 1. The highest BCUT2D eigenvalue weighted by Gasteiger charge is 2.52. The number of benzene rings is 1. The van der Waals surface area contributed by atoms with Crippen LogP contribution in [0.2, 0.25) is 0 Å². The number of phenolic OH excluding ortho intramolecular Hbond substituents is 1. The Morgan fingerprint density at radius 3 is 2.15 bits per heavy atom. The monoisotopic (exact) mass is 286 g/mol. The van der Waals surface area contributed by atoms with Gasteiger partial charge in [-0.3, -0.25) is 0 Å². The van der Waals surface area contributed by atoms with E-state index in [1.807, 2.05) is 27.7 Å². The Morgan fingerprint density at radius 1 is 1.15 bits per heavy atom. The quantitative estimate of drug-likeness (QED) is 0.866. The van der Waals surface area contributed by atoms with Crippen molar-refractivity contribution in [1.29, 1.82) is 0 Å². The van der Waals surface area contributed by atoms with Gasteiger partial charge in [0.05, 0.1) is 11.2 Å². The molecule has 4 nitrogen and oxygen atoms in total. The fourth-order valence-electron chi connectivity index (χ4n) is 1.87. The van der Waals surface area contributed by atoms with Crippen molar-refractivity contribution >= 4 is 12.6 Å². The van der Waals surface area contributed by atoms with Crippen molar-refractivity contribution in [1.82, 2.24) is 0 Å². The summed E-state index contributed by atoms with van der Waals surface area (Å²) in [5.74, 6) is -0.320. The summed E-state index contributed by atoms with van der Waals surface area (Å²) in [6.07, 6.45) is 0. The molecule has 110 valence electrons. The van der Waals surface area contributed by atoms with Gasteiger partial charge >= 0.3 is 13.7 Å². The molecular formula is C13H17BF2O4. The minimum Gasteiger partial charge on any atom is -0.508 e. The van der Waals surface area contributed by atoms with E-state index in [4.69, 9.17) is 9.31 Å². The van der Waals surface area contributed by atoms with E-state index in [1.165, 1.54) is 12.1 Å². The van der Waals surface area contributed by atoms with Crippen LogP contribution < -0.4 is 10.2 Å². The number of alkyl halides is 2. The van der Waals surface area contributed by atoms with Crippen LogP contribution in [0.15, 0.2) is 18.2 Å². The first kappa shape index (κ1) is 15.1. The molecule has 2 rings (SSSR count). The number of hydrogen-bond acceptors (Lipinski definition) is 4. The van der Waals surface area contributed by atoms with Crippen LogP contribution in [0.25, 0.3) is 0 Å². The molecule has 0 spiro atoms. The molecular weight excluding hydrogens is 269 g/mol. The van der Waals surface area contributed by atoms with E-state index >= 15 is 0 Å². The third kappa shape index (κ3) is 2.74. The lowest BCUT2D eigenvalue weighted by molar-refractivity contribution is -0.0499. The molecule has 1 saturated heterocycles. The largest absolute Gasteiger partial charge is 0.508 e. The highest BCUT2D eigenvalue weighted by atomic mass is 19.3. The van der Waals surface area contributed by atoms with Gasteiger partial charge in [0.2, 0.25) is 0 Å². The van der Waals surface area contributed by atoms with Crippen LogP contribution in [-0.2, 0) is 9.31 Å². The Morgan fingerprint density at radius 2 is 1.70 bits per heavy atom. The first-order chi connectivity index (χ1) is 9.12. The molecule has 0 radical (unpaired) electrons. The maximum atomic E-state index is 12.1. The normalized spacial score (nSPS) is 20.4. The van der Waals surface area contributed by atoms with Crippen molar-refractivity contribution < 1.29 is 27.9 Å². The fourth-order valence-corrected chi connectivity index (χ4v) is 1.87. The first-order valence-electron chi connectivity index (χ1n) is 6.26. The molecule has 1 aromatic rings. The summed E-state index contributed by atoms with van der Waals surface area (Å²) < 4.78 is 40.0. The molecule has 1 aliphatic rings. The summed E-state index contributed by atoms with van der Waals surface area (Å²) >= 11 is 0. The molecule has 0 aliphatic carbocycles. The first-order valence-corrected chi connectivity index (χ1v) is 6.26. The van der Waals surface area contributed by atoms with Crippen molar-refractivity contribution in [3.63, 3.8) is 0 Å². The average Bonchev–Trinajstić information content (AvgIpc) is 2.46. The van der Waals surface area contributed by atoms with E-state index in [2.05, 4.69) is 4.74 Å². The van der Waals surface area contributed by atoms with Crippen LogP contribution >= 0.6 is 0 Å². The van der Waals surface area contributed by atoms with Gasteiger partial charge in [-0.15, -0.1) is 0 Å². The van der Waals surface area contributed by atoms with Gasteiger partial charge in [0, 0.05) is 11.5 Å². The Bertz CT molecular complexity index is 489. The van der Waals surface area contributed by atoms with E-state index in [-0.39, 0.29) is 11.5 Å². The smallest absolute Gasteiger partial charge is 0.498 e. The summed E-state index contributed by atoms with van der Waals surface area (Å²) in [6.45, 7) is 4.62. The summed E-state index contributed by atoms with van der Waals surface area (Å²) in [7, 11) is -0.749. The molecule has 0 amide bonds. The van der Waals surface area contributed by atoms with Crippen molar-refractivity contribution in [3.05, 3.63) is 18.2 Å². The predicted octanol–water partition coefficient (Wildman–Crippen LogP) is 2.29. The maximum Gasteiger partial charge on any atom is 0.498 e. The summed E-state index contributed by atoms with van der Waals surface area (Å²) in [6, 6.07) is 3.91. The molecule has 0 atom stereocenters. The highest BCUT2D eigenvalue weighted by Crippen LogP contribution is 2.37. The van der Waals surface area contributed by atoms with Crippen molar-refractivity contribution in [2.24, 2.45) is 0 Å². The third-order valence-corrected chi connectivity index (χ3v) is 3.73. The molecule has 1 heterocycles. The van der Waals surface area contributed by atoms with E-state index < -0.39 is 24.9 Å². The fraction of sp³-hybridized carbons (Fsp3) is 0.538. The molecule has 0 saturated carbocycles. The SMILES string of the molecule is CC1(C)OB(c2ccc(OC(F)F)cc2O)OC1(C)C. The number of phenols is 1. The van der Waals surface area contributed by atoms with Crippen LogP contribution in [-0.4, -0.2) is 30.0 Å². The van der Waals surface area contributed by atoms with Gasteiger partial charge in [0.1, 0.15) is 11.5 Å². The second-order valence-corrected chi connectivity index (χ2v) is 5.69. The molecule has 7 heteroatoms. The highest BCUT2D eigenvalue weighted by molar-refractivity contribution is 6.63. The molecule has 1 fully saturated rings. The maximum absolute atomic E-state index is 12.1. The minimum absolute atomic E-state index is 0.113. The van der Waals surface area contributed by atoms with Crippen molar-refractivity contribution in [3.8, 4) is 11.5 Å². The number of aromatic hydroxyl groups is 1. The second-order valence-electron chi connectivity index (χ2n) is 5.69. The predicted molar refractivity (Wildman–Crippen MR) is 70.5 cm³/mol. The Kier molecular flexibility index (Phi) is 3.68.